The van der Waals surface area contributed by atoms with Crippen molar-refractivity contribution in [1.82, 2.24) is 4.90 Å². The molecule has 1 heterocycles. The number of aromatic hydroxyl groups is 1. The summed E-state index contributed by atoms with van der Waals surface area (Å²) in [6.45, 7) is 2.70. The van der Waals surface area contributed by atoms with E-state index >= 15 is 0 Å². The highest BCUT2D eigenvalue weighted by atomic mass is 35.5. The number of nitrogens with zero attached hydrogens (tertiary/aromatic N) is 1. The molecule has 0 amide bonds. The van der Waals surface area contributed by atoms with Crippen LogP contribution in [0.5, 0.6) is 17.2 Å². The number of rotatable bonds is 4. The number of ether oxygens (including phenoxy) is 2. The van der Waals surface area contributed by atoms with Gasteiger partial charge in [0.05, 0.1) is 7.11 Å². The van der Waals surface area contributed by atoms with E-state index in [9.17, 15) is 5.11 Å². The van der Waals surface area contributed by atoms with Crippen LogP contribution in [0.4, 0.5) is 0 Å². The average molecular weight is 396 g/mol. The van der Waals surface area contributed by atoms with Crippen LogP contribution in [0.3, 0.4) is 0 Å². The molecule has 0 unspecified atom stereocenters. The second-order valence-corrected chi connectivity index (χ2v) is 7.30. The quantitative estimate of drug-likeness (QED) is 0.666. The first-order valence-electron chi connectivity index (χ1n) is 9.23. The second kappa shape index (κ2) is 8.13. The molecule has 4 nitrogen and oxygen atoms in total. The molecular weight excluding hydrogens is 374 g/mol. The van der Waals surface area contributed by atoms with Gasteiger partial charge in [-0.15, -0.1) is 0 Å². The molecule has 0 fully saturated rings. The van der Waals surface area contributed by atoms with Crippen molar-refractivity contribution in [3.05, 3.63) is 76.8 Å². The van der Waals surface area contributed by atoms with Gasteiger partial charge in [0.1, 0.15) is 12.4 Å². The van der Waals surface area contributed by atoms with Crippen molar-refractivity contribution in [2.24, 2.45) is 0 Å². The van der Waals surface area contributed by atoms with E-state index in [1.807, 2.05) is 42.5 Å². The monoisotopic (exact) mass is 395 g/mol. The number of fused-ring (bicyclic) bond motifs is 1. The number of benzene rings is 3. The number of methoxy groups -OCH3 is 1. The highest BCUT2D eigenvalue weighted by Gasteiger charge is 2.20. The van der Waals surface area contributed by atoms with Crippen LogP contribution in [-0.2, 0) is 13.1 Å². The second-order valence-electron chi connectivity index (χ2n) is 6.86. The molecule has 0 aliphatic carbocycles. The molecule has 5 heteroatoms. The summed E-state index contributed by atoms with van der Waals surface area (Å²) < 4.78 is 11.4. The Bertz CT molecular complexity index is 989. The molecule has 1 aliphatic heterocycles. The summed E-state index contributed by atoms with van der Waals surface area (Å²) in [5, 5.41) is 11.2. The summed E-state index contributed by atoms with van der Waals surface area (Å²) >= 11 is 6.14. The van der Waals surface area contributed by atoms with Crippen molar-refractivity contribution in [1.29, 1.82) is 0 Å². The maximum Gasteiger partial charge on any atom is 0.165 e. The fourth-order valence-electron chi connectivity index (χ4n) is 3.60. The number of phenolic OH excluding ortho intramolecular Hbond substituents is 1. The largest absolute Gasteiger partial charge is 0.504 e. The van der Waals surface area contributed by atoms with Crippen LogP contribution < -0.4 is 9.47 Å². The molecular formula is C23H22ClNO3. The standard InChI is InChI=1S/C23H22ClNO3/c1-27-22-8-3-2-5-17(22)14-25-9-10-28-23-19(15-25)11-18(13-21(23)26)16-6-4-7-20(24)12-16/h2-8,11-13,26H,9-10,14-15H2,1H3. The number of phenols is 1. The van der Waals surface area contributed by atoms with Gasteiger partial charge in [0, 0.05) is 35.8 Å². The average Bonchev–Trinajstić information content (AvgIpc) is 2.90. The van der Waals surface area contributed by atoms with E-state index < -0.39 is 0 Å². The Morgan fingerprint density at radius 1 is 1.07 bits per heavy atom. The topological polar surface area (TPSA) is 41.9 Å². The Morgan fingerprint density at radius 3 is 2.75 bits per heavy atom. The minimum Gasteiger partial charge on any atom is -0.504 e. The molecule has 3 aromatic carbocycles. The lowest BCUT2D eigenvalue weighted by Crippen LogP contribution is -2.25. The molecule has 0 atom stereocenters. The number of para-hydroxylation sites is 1. The van der Waals surface area contributed by atoms with Gasteiger partial charge in [-0.3, -0.25) is 4.90 Å². The maximum absolute atomic E-state index is 10.6. The Labute approximate surface area is 169 Å². The Morgan fingerprint density at radius 2 is 1.93 bits per heavy atom. The molecule has 0 bridgehead atoms. The van der Waals surface area contributed by atoms with Crippen molar-refractivity contribution in [2.45, 2.75) is 13.1 Å². The maximum atomic E-state index is 10.6. The highest BCUT2D eigenvalue weighted by molar-refractivity contribution is 6.30. The van der Waals surface area contributed by atoms with E-state index in [0.29, 0.717) is 23.9 Å². The number of hydrogen-bond donors (Lipinski definition) is 1. The normalized spacial score (nSPS) is 14.1. The van der Waals surface area contributed by atoms with Gasteiger partial charge >= 0.3 is 0 Å². The summed E-state index contributed by atoms with van der Waals surface area (Å²) in [6.07, 6.45) is 0. The smallest absolute Gasteiger partial charge is 0.165 e. The highest BCUT2D eigenvalue weighted by Crippen LogP contribution is 2.38. The Balaban J connectivity index is 1.65. The van der Waals surface area contributed by atoms with Crippen molar-refractivity contribution < 1.29 is 14.6 Å². The molecule has 1 aliphatic rings. The van der Waals surface area contributed by atoms with Crippen LogP contribution in [0.25, 0.3) is 11.1 Å². The molecule has 0 aromatic heterocycles. The first-order valence-corrected chi connectivity index (χ1v) is 9.60. The third kappa shape index (κ3) is 3.93. The number of hydrogen-bond acceptors (Lipinski definition) is 4. The summed E-state index contributed by atoms with van der Waals surface area (Å²) in [4.78, 5) is 2.30. The van der Waals surface area contributed by atoms with E-state index in [-0.39, 0.29) is 5.75 Å². The molecule has 144 valence electrons. The lowest BCUT2D eigenvalue weighted by molar-refractivity contribution is 0.215. The molecule has 1 N–H and O–H groups in total. The van der Waals surface area contributed by atoms with Crippen LogP contribution in [0.1, 0.15) is 11.1 Å². The molecule has 3 aromatic rings. The van der Waals surface area contributed by atoms with E-state index in [0.717, 1.165) is 41.1 Å². The van der Waals surface area contributed by atoms with E-state index in [4.69, 9.17) is 21.1 Å². The van der Waals surface area contributed by atoms with Gasteiger partial charge in [0.15, 0.2) is 11.5 Å². The lowest BCUT2D eigenvalue weighted by atomic mass is 10.0. The Kier molecular flexibility index (Phi) is 5.42. The summed E-state index contributed by atoms with van der Waals surface area (Å²) in [5.41, 5.74) is 3.97. The predicted octanol–water partition coefficient (Wildman–Crippen LogP) is 5.12. The van der Waals surface area contributed by atoms with Crippen molar-refractivity contribution in [3.8, 4) is 28.4 Å². The molecule has 0 radical (unpaired) electrons. The molecule has 0 saturated heterocycles. The fraction of sp³-hybridized carbons (Fsp3) is 0.217. The van der Waals surface area contributed by atoms with Gasteiger partial charge in [0.2, 0.25) is 0 Å². The minimum atomic E-state index is 0.159. The van der Waals surface area contributed by atoms with E-state index in [2.05, 4.69) is 17.0 Å². The molecule has 4 rings (SSSR count). The minimum absolute atomic E-state index is 0.159. The fourth-order valence-corrected chi connectivity index (χ4v) is 3.79. The van der Waals surface area contributed by atoms with E-state index in [1.165, 1.54) is 0 Å². The van der Waals surface area contributed by atoms with Crippen LogP contribution >= 0.6 is 11.6 Å². The van der Waals surface area contributed by atoms with Crippen LogP contribution in [0, 0.1) is 0 Å². The first-order chi connectivity index (χ1) is 13.6. The van der Waals surface area contributed by atoms with Crippen LogP contribution in [0.15, 0.2) is 60.7 Å². The van der Waals surface area contributed by atoms with Gasteiger partial charge < -0.3 is 14.6 Å². The van der Waals surface area contributed by atoms with Crippen molar-refractivity contribution in [3.63, 3.8) is 0 Å². The summed E-state index contributed by atoms with van der Waals surface area (Å²) in [6, 6.07) is 19.5. The van der Waals surface area contributed by atoms with E-state index in [1.54, 1.807) is 13.2 Å². The third-order valence-electron chi connectivity index (χ3n) is 4.94. The van der Waals surface area contributed by atoms with Crippen LogP contribution in [0.2, 0.25) is 5.02 Å². The summed E-state index contributed by atoms with van der Waals surface area (Å²) in [7, 11) is 1.69. The van der Waals surface area contributed by atoms with Gasteiger partial charge in [-0.1, -0.05) is 41.9 Å². The van der Waals surface area contributed by atoms with Gasteiger partial charge in [-0.05, 0) is 41.5 Å². The SMILES string of the molecule is COc1ccccc1CN1CCOc2c(O)cc(-c3cccc(Cl)c3)cc2C1. The molecule has 28 heavy (non-hydrogen) atoms. The third-order valence-corrected chi connectivity index (χ3v) is 5.17. The first kappa shape index (κ1) is 18.7. The van der Waals surface area contributed by atoms with Gasteiger partial charge in [-0.25, -0.2) is 0 Å². The van der Waals surface area contributed by atoms with Crippen molar-refractivity contribution >= 4 is 11.6 Å². The van der Waals surface area contributed by atoms with Crippen LogP contribution in [-0.4, -0.2) is 30.3 Å². The van der Waals surface area contributed by atoms with Gasteiger partial charge in [0.25, 0.3) is 0 Å². The Hall–Kier alpha value is -2.69. The zero-order valence-corrected chi connectivity index (χ0v) is 16.4. The molecule has 0 saturated carbocycles. The number of halogens is 1. The zero-order valence-electron chi connectivity index (χ0n) is 15.7. The predicted molar refractivity (Wildman–Crippen MR) is 111 cm³/mol. The summed E-state index contributed by atoms with van der Waals surface area (Å²) in [5.74, 6) is 1.60. The lowest BCUT2D eigenvalue weighted by Gasteiger charge is -2.21. The van der Waals surface area contributed by atoms with Crippen molar-refractivity contribution in [2.75, 3.05) is 20.3 Å². The molecule has 0 spiro atoms. The zero-order chi connectivity index (χ0) is 19.5. The van der Waals surface area contributed by atoms with Gasteiger partial charge in [-0.2, -0.15) is 0 Å².